The molecule has 4 N–H and O–H groups in total. The molecule has 78 valence electrons. The number of nitriles is 1. The van der Waals surface area contributed by atoms with Crippen LogP contribution in [-0.4, -0.2) is 19.7 Å². The van der Waals surface area contributed by atoms with Crippen LogP contribution in [0.2, 0.25) is 25.7 Å². The van der Waals surface area contributed by atoms with Gasteiger partial charge in [-0.3, -0.25) is 0 Å². The fourth-order valence-electron chi connectivity index (χ4n) is 0.740. The normalized spacial score (nSPS) is 12.0. The average molecular weight is 211 g/mol. The van der Waals surface area contributed by atoms with Gasteiger partial charge in [-0.05, 0) is 6.42 Å². The molecule has 0 aliphatic heterocycles. The van der Waals surface area contributed by atoms with Gasteiger partial charge in [0, 0.05) is 8.07 Å². The lowest BCUT2D eigenvalue weighted by molar-refractivity contribution is 1.14. The summed E-state index contributed by atoms with van der Waals surface area (Å²) in [6.45, 7) is 6.72. The van der Waals surface area contributed by atoms with E-state index in [1.54, 1.807) is 0 Å². The summed E-state index contributed by atoms with van der Waals surface area (Å²) < 4.78 is 0. The molecule has 0 fully saturated rings. The summed E-state index contributed by atoms with van der Waals surface area (Å²) in [6.07, 6.45) is 0.656. The van der Waals surface area contributed by atoms with Crippen molar-refractivity contribution in [1.82, 2.24) is 0 Å². The third kappa shape index (κ3) is 7.30. The van der Waals surface area contributed by atoms with Crippen molar-refractivity contribution in [3.05, 3.63) is 0 Å². The van der Waals surface area contributed by atoms with E-state index in [4.69, 9.17) is 16.7 Å². The molecule has 0 aromatic carbocycles. The Kier molecular flexibility index (Phi) is 4.87. The summed E-state index contributed by atoms with van der Waals surface area (Å²) in [4.78, 5) is 0. The van der Waals surface area contributed by atoms with Crippen LogP contribution in [0.15, 0.2) is 10.2 Å². The quantitative estimate of drug-likeness (QED) is 0.312. The predicted octanol–water partition coefficient (Wildman–Crippen LogP) is 0.868. The molecule has 6 heteroatoms. The topological polar surface area (TPSA) is 101 Å². The minimum Gasteiger partial charge on any atom is -0.369 e. The molecule has 0 saturated carbocycles. The van der Waals surface area contributed by atoms with E-state index in [1.807, 2.05) is 6.07 Å². The lowest BCUT2D eigenvalue weighted by atomic mass is 10.3. The summed E-state index contributed by atoms with van der Waals surface area (Å²) in [5.41, 5.74) is 10.6. The Morgan fingerprint density at radius 3 is 2.21 bits per heavy atom. The molecule has 14 heavy (non-hydrogen) atoms. The molecule has 0 aliphatic carbocycles. The van der Waals surface area contributed by atoms with E-state index in [1.165, 1.54) is 0 Å². The zero-order chi connectivity index (χ0) is 11.2. The van der Waals surface area contributed by atoms with Gasteiger partial charge >= 0.3 is 0 Å². The highest BCUT2D eigenvalue weighted by atomic mass is 28.3. The van der Waals surface area contributed by atoms with Crippen LogP contribution >= 0.6 is 0 Å². The van der Waals surface area contributed by atoms with E-state index in [0.29, 0.717) is 12.1 Å². The lowest BCUT2D eigenvalue weighted by Crippen LogP contribution is -2.22. The molecular formula is C8H17N5Si. The van der Waals surface area contributed by atoms with Gasteiger partial charge in [0.2, 0.25) is 5.96 Å². The minimum atomic E-state index is -1.14. The van der Waals surface area contributed by atoms with E-state index in [9.17, 15) is 0 Å². The van der Waals surface area contributed by atoms with Crippen molar-refractivity contribution in [2.24, 2.45) is 21.7 Å². The van der Waals surface area contributed by atoms with Crippen molar-refractivity contribution in [2.75, 3.05) is 0 Å². The number of nitrogens with zero attached hydrogens (tertiary/aromatic N) is 3. The number of nitrogens with two attached hydrogens (primary N) is 2. The second kappa shape index (κ2) is 5.39. The van der Waals surface area contributed by atoms with Gasteiger partial charge in [-0.2, -0.15) is 5.26 Å². The number of guanidine groups is 1. The Morgan fingerprint density at radius 2 is 1.86 bits per heavy atom. The van der Waals surface area contributed by atoms with Crippen LogP contribution < -0.4 is 11.5 Å². The van der Waals surface area contributed by atoms with Gasteiger partial charge in [-0.1, -0.05) is 25.7 Å². The van der Waals surface area contributed by atoms with Crippen molar-refractivity contribution in [3.8, 4) is 6.07 Å². The van der Waals surface area contributed by atoms with Crippen LogP contribution in [0.4, 0.5) is 0 Å². The van der Waals surface area contributed by atoms with Gasteiger partial charge in [0.15, 0.2) is 0 Å². The molecular weight excluding hydrogens is 194 g/mol. The average Bonchev–Trinajstić information content (AvgIpc) is 2.02. The molecule has 0 aromatic heterocycles. The van der Waals surface area contributed by atoms with Crippen LogP contribution in [0.1, 0.15) is 6.42 Å². The summed E-state index contributed by atoms with van der Waals surface area (Å²) in [5.74, 6) is -0.120. The highest BCUT2D eigenvalue weighted by Gasteiger charge is 2.13. The van der Waals surface area contributed by atoms with Crippen LogP contribution in [0.5, 0.6) is 0 Å². The van der Waals surface area contributed by atoms with Gasteiger partial charge in [0.1, 0.15) is 11.8 Å². The first-order valence-corrected chi connectivity index (χ1v) is 8.11. The number of rotatable bonds is 4. The van der Waals surface area contributed by atoms with E-state index in [-0.39, 0.29) is 5.96 Å². The minimum absolute atomic E-state index is 0.120. The highest BCUT2D eigenvalue weighted by Crippen LogP contribution is 2.11. The van der Waals surface area contributed by atoms with Crippen LogP contribution in [0, 0.1) is 11.3 Å². The molecule has 0 rings (SSSR count). The molecule has 0 saturated heterocycles. The first-order chi connectivity index (χ1) is 6.35. The maximum absolute atomic E-state index is 8.72. The van der Waals surface area contributed by atoms with Gasteiger partial charge in [-0.15, -0.1) is 10.2 Å². The third-order valence-electron chi connectivity index (χ3n) is 1.53. The molecule has 0 radical (unpaired) electrons. The van der Waals surface area contributed by atoms with E-state index < -0.39 is 8.07 Å². The summed E-state index contributed by atoms with van der Waals surface area (Å²) in [7, 11) is -1.14. The van der Waals surface area contributed by atoms with Crippen molar-refractivity contribution in [1.29, 1.82) is 5.26 Å². The molecule has 0 spiro atoms. The zero-order valence-electron chi connectivity index (χ0n) is 8.91. The van der Waals surface area contributed by atoms with Crippen molar-refractivity contribution >= 4 is 19.7 Å². The van der Waals surface area contributed by atoms with E-state index in [2.05, 4.69) is 29.8 Å². The van der Waals surface area contributed by atoms with Gasteiger partial charge in [0.25, 0.3) is 0 Å². The lowest BCUT2D eigenvalue weighted by Gasteiger charge is -2.13. The second-order valence-corrected chi connectivity index (χ2v) is 9.87. The smallest absolute Gasteiger partial charge is 0.211 e. The third-order valence-corrected chi connectivity index (χ3v) is 3.28. The molecule has 0 heterocycles. The van der Waals surface area contributed by atoms with Crippen LogP contribution in [0.3, 0.4) is 0 Å². The van der Waals surface area contributed by atoms with E-state index >= 15 is 0 Å². The maximum Gasteiger partial charge on any atom is 0.211 e. The monoisotopic (exact) mass is 211 g/mol. The summed E-state index contributed by atoms with van der Waals surface area (Å²) >= 11 is 0. The largest absolute Gasteiger partial charge is 0.369 e. The van der Waals surface area contributed by atoms with Crippen molar-refractivity contribution < 1.29 is 0 Å². The first kappa shape index (κ1) is 12.6. The molecule has 0 bridgehead atoms. The summed E-state index contributed by atoms with van der Waals surface area (Å²) in [6, 6.07) is 3.00. The Labute approximate surface area is 85.5 Å². The Bertz CT molecular complexity index is 277. The summed E-state index contributed by atoms with van der Waals surface area (Å²) in [5, 5.41) is 15.8. The highest BCUT2D eigenvalue weighted by molar-refractivity contribution is 6.76. The van der Waals surface area contributed by atoms with Gasteiger partial charge in [-0.25, -0.2) is 0 Å². The van der Waals surface area contributed by atoms with Gasteiger partial charge in [0.05, 0.1) is 0 Å². The molecule has 0 amide bonds. The number of hydrogen-bond donors (Lipinski definition) is 2. The molecule has 0 atom stereocenters. The molecule has 0 unspecified atom stereocenters. The van der Waals surface area contributed by atoms with Crippen LogP contribution in [-0.2, 0) is 0 Å². The van der Waals surface area contributed by atoms with Crippen LogP contribution in [0.25, 0.3) is 0 Å². The van der Waals surface area contributed by atoms with Crippen molar-refractivity contribution in [2.45, 2.75) is 32.1 Å². The predicted molar refractivity (Wildman–Crippen MR) is 61.6 cm³/mol. The maximum atomic E-state index is 8.72. The Balaban J connectivity index is 4.27. The van der Waals surface area contributed by atoms with Gasteiger partial charge < -0.3 is 11.5 Å². The Morgan fingerprint density at radius 1 is 1.29 bits per heavy atom. The Hall–Kier alpha value is -1.35. The molecule has 0 aromatic rings. The standard InChI is InChI=1S/C8H17N5Si/c1-14(2,3)5-4-7(6-9)12-13-8(10)11/h4-5H2,1-3H3,(H4,10,11,13)/b12-7-. The fourth-order valence-corrected chi connectivity index (χ4v) is 1.73. The first-order valence-electron chi connectivity index (χ1n) is 4.41. The second-order valence-electron chi connectivity index (χ2n) is 4.24. The molecule has 0 aliphatic rings. The fraction of sp³-hybridized carbons (Fsp3) is 0.625. The van der Waals surface area contributed by atoms with E-state index in [0.717, 1.165) is 6.04 Å². The zero-order valence-corrected chi connectivity index (χ0v) is 9.91. The SMILES string of the molecule is C[Si](C)(C)CC/C(C#N)=N/N=C(N)N. The number of hydrogen-bond acceptors (Lipinski definition) is 3. The van der Waals surface area contributed by atoms with Crippen molar-refractivity contribution in [3.63, 3.8) is 0 Å². The molecule has 5 nitrogen and oxygen atoms in total.